The lowest BCUT2D eigenvalue weighted by atomic mass is 10.1. The summed E-state index contributed by atoms with van der Waals surface area (Å²) in [6.07, 6.45) is 2.32. The van der Waals surface area contributed by atoms with Crippen LogP contribution in [0.3, 0.4) is 0 Å². The molecule has 2 rings (SSSR count). The predicted octanol–water partition coefficient (Wildman–Crippen LogP) is 3.26. The number of hydrogen-bond donors (Lipinski definition) is 0. The van der Waals surface area contributed by atoms with Gasteiger partial charge in [-0.25, -0.2) is 4.39 Å². The van der Waals surface area contributed by atoms with E-state index in [2.05, 4.69) is 11.8 Å². The highest BCUT2D eigenvalue weighted by Crippen LogP contribution is 2.29. The average Bonchev–Trinajstić information content (AvgIpc) is 2.77. The Kier molecular flexibility index (Phi) is 3.46. The molecule has 0 saturated carbocycles. The quantitative estimate of drug-likeness (QED) is 0.749. The molecule has 1 fully saturated rings. The lowest BCUT2D eigenvalue weighted by Gasteiger charge is -2.21. The smallest absolute Gasteiger partial charge is 0.161 e. The van der Waals surface area contributed by atoms with Gasteiger partial charge in [-0.05, 0) is 37.5 Å². The van der Waals surface area contributed by atoms with Gasteiger partial charge in [0.05, 0.1) is 0 Å². The number of halogens is 1. The van der Waals surface area contributed by atoms with Gasteiger partial charge in [0.2, 0.25) is 0 Å². The molecule has 0 radical (unpaired) electrons. The van der Waals surface area contributed by atoms with Gasteiger partial charge in [-0.3, -0.25) is 4.79 Å². The third kappa shape index (κ3) is 2.48. The van der Waals surface area contributed by atoms with Crippen molar-refractivity contribution in [2.75, 3.05) is 18.0 Å². The van der Waals surface area contributed by atoms with Crippen LogP contribution in [-0.2, 0) is 0 Å². The van der Waals surface area contributed by atoms with Crippen molar-refractivity contribution < 1.29 is 9.18 Å². The maximum atomic E-state index is 13.2. The molecule has 0 spiro atoms. The average molecular weight is 235 g/mol. The molecule has 0 aliphatic carbocycles. The number of anilines is 1. The highest BCUT2D eigenvalue weighted by Gasteiger charge is 2.23. The standard InChI is InChI=1S/C14H18FNO/c1-3-11-6-7-16(9-11)14-5-4-12(15)8-13(14)10(2)17/h4-5,8,11H,3,6-7,9H2,1-2H3. The van der Waals surface area contributed by atoms with E-state index in [4.69, 9.17) is 0 Å². The maximum Gasteiger partial charge on any atom is 0.161 e. The summed E-state index contributed by atoms with van der Waals surface area (Å²) in [7, 11) is 0. The highest BCUT2D eigenvalue weighted by atomic mass is 19.1. The van der Waals surface area contributed by atoms with Crippen molar-refractivity contribution in [3.8, 4) is 0 Å². The second-order valence-corrected chi connectivity index (χ2v) is 4.73. The third-order valence-corrected chi connectivity index (χ3v) is 3.54. The number of nitrogens with zero attached hydrogens (tertiary/aromatic N) is 1. The zero-order chi connectivity index (χ0) is 12.4. The summed E-state index contributed by atoms with van der Waals surface area (Å²) in [5, 5.41) is 0. The molecule has 1 atom stereocenters. The van der Waals surface area contributed by atoms with Gasteiger partial charge in [0.15, 0.2) is 5.78 Å². The molecule has 17 heavy (non-hydrogen) atoms. The van der Waals surface area contributed by atoms with Crippen molar-refractivity contribution in [1.29, 1.82) is 0 Å². The fourth-order valence-electron chi connectivity index (χ4n) is 2.45. The second-order valence-electron chi connectivity index (χ2n) is 4.73. The Hall–Kier alpha value is -1.38. The van der Waals surface area contributed by atoms with Crippen LogP contribution in [0.2, 0.25) is 0 Å². The first kappa shape index (κ1) is 12.1. The number of carbonyl (C=O) groups excluding carboxylic acids is 1. The maximum absolute atomic E-state index is 13.2. The number of hydrogen-bond acceptors (Lipinski definition) is 2. The first-order chi connectivity index (χ1) is 8.11. The van der Waals surface area contributed by atoms with Crippen LogP contribution >= 0.6 is 0 Å². The Bertz CT molecular complexity index is 430. The summed E-state index contributed by atoms with van der Waals surface area (Å²) < 4.78 is 13.2. The SMILES string of the molecule is CCC1CCN(c2ccc(F)cc2C(C)=O)C1. The van der Waals surface area contributed by atoms with Crippen LogP contribution in [0.1, 0.15) is 37.0 Å². The largest absolute Gasteiger partial charge is 0.371 e. The van der Waals surface area contributed by atoms with Crippen LogP contribution in [0, 0.1) is 11.7 Å². The summed E-state index contributed by atoms with van der Waals surface area (Å²) >= 11 is 0. The molecule has 0 N–H and O–H groups in total. The lowest BCUT2D eigenvalue weighted by Crippen LogP contribution is -2.21. The third-order valence-electron chi connectivity index (χ3n) is 3.54. The molecule has 0 amide bonds. The Morgan fingerprint density at radius 3 is 2.88 bits per heavy atom. The molecule has 0 bridgehead atoms. The Morgan fingerprint density at radius 2 is 2.29 bits per heavy atom. The normalized spacial score (nSPS) is 19.7. The van der Waals surface area contributed by atoms with E-state index in [0.29, 0.717) is 11.5 Å². The van der Waals surface area contributed by atoms with Gasteiger partial charge in [0.25, 0.3) is 0 Å². The number of Topliss-reactive ketones (excluding diaryl/α,β-unsaturated/α-hetero) is 1. The van der Waals surface area contributed by atoms with Gasteiger partial charge >= 0.3 is 0 Å². The summed E-state index contributed by atoms with van der Waals surface area (Å²) in [6.45, 7) is 5.61. The molecule has 1 heterocycles. The van der Waals surface area contributed by atoms with Gasteiger partial charge in [-0.2, -0.15) is 0 Å². The lowest BCUT2D eigenvalue weighted by molar-refractivity contribution is 0.101. The molecular weight excluding hydrogens is 217 g/mol. The molecule has 3 heteroatoms. The van der Waals surface area contributed by atoms with E-state index in [9.17, 15) is 9.18 Å². The fraction of sp³-hybridized carbons (Fsp3) is 0.500. The van der Waals surface area contributed by atoms with Crippen molar-refractivity contribution in [2.45, 2.75) is 26.7 Å². The molecule has 1 unspecified atom stereocenters. The summed E-state index contributed by atoms with van der Waals surface area (Å²) in [6, 6.07) is 4.50. The van der Waals surface area contributed by atoms with Crippen molar-refractivity contribution >= 4 is 11.5 Å². The van der Waals surface area contributed by atoms with Gasteiger partial charge in [0, 0.05) is 24.3 Å². The topological polar surface area (TPSA) is 20.3 Å². The Morgan fingerprint density at radius 1 is 1.53 bits per heavy atom. The van der Waals surface area contributed by atoms with E-state index in [0.717, 1.165) is 31.6 Å². The highest BCUT2D eigenvalue weighted by molar-refractivity contribution is 5.99. The summed E-state index contributed by atoms with van der Waals surface area (Å²) in [4.78, 5) is 13.7. The first-order valence-electron chi connectivity index (χ1n) is 6.17. The number of ketones is 1. The zero-order valence-corrected chi connectivity index (χ0v) is 10.4. The van der Waals surface area contributed by atoms with Crippen molar-refractivity contribution in [3.63, 3.8) is 0 Å². The molecule has 1 aromatic rings. The van der Waals surface area contributed by atoms with E-state index in [1.54, 1.807) is 6.07 Å². The summed E-state index contributed by atoms with van der Waals surface area (Å²) in [5.41, 5.74) is 1.39. The van der Waals surface area contributed by atoms with Crippen LogP contribution in [0.25, 0.3) is 0 Å². The van der Waals surface area contributed by atoms with E-state index >= 15 is 0 Å². The monoisotopic (exact) mass is 235 g/mol. The van der Waals surface area contributed by atoms with E-state index < -0.39 is 0 Å². The van der Waals surface area contributed by atoms with Gasteiger partial charge in [-0.1, -0.05) is 13.3 Å². The number of carbonyl (C=O) groups is 1. The Labute approximate surface area is 101 Å². The predicted molar refractivity (Wildman–Crippen MR) is 67.0 cm³/mol. The minimum Gasteiger partial charge on any atom is -0.371 e. The van der Waals surface area contributed by atoms with Crippen molar-refractivity contribution in [3.05, 3.63) is 29.6 Å². The van der Waals surface area contributed by atoms with Crippen molar-refractivity contribution in [1.82, 2.24) is 0 Å². The van der Waals surface area contributed by atoms with E-state index in [-0.39, 0.29) is 11.6 Å². The number of rotatable bonds is 3. The van der Waals surface area contributed by atoms with Crippen LogP contribution in [-0.4, -0.2) is 18.9 Å². The summed E-state index contributed by atoms with van der Waals surface area (Å²) in [5.74, 6) is 0.282. The van der Waals surface area contributed by atoms with Crippen LogP contribution < -0.4 is 4.90 Å². The minimum atomic E-state index is -0.342. The molecule has 2 nitrogen and oxygen atoms in total. The van der Waals surface area contributed by atoms with E-state index in [1.165, 1.54) is 19.1 Å². The Balaban J connectivity index is 2.29. The fourth-order valence-corrected chi connectivity index (χ4v) is 2.45. The molecule has 1 saturated heterocycles. The molecule has 1 aliphatic heterocycles. The number of benzene rings is 1. The second kappa shape index (κ2) is 4.86. The molecule has 92 valence electrons. The van der Waals surface area contributed by atoms with E-state index in [1.807, 2.05) is 0 Å². The van der Waals surface area contributed by atoms with Crippen molar-refractivity contribution in [2.24, 2.45) is 5.92 Å². The molecule has 1 aromatic carbocycles. The minimum absolute atomic E-state index is 0.0700. The van der Waals surface area contributed by atoms with Gasteiger partial charge < -0.3 is 4.90 Å². The zero-order valence-electron chi connectivity index (χ0n) is 10.4. The molecule has 1 aliphatic rings. The van der Waals surface area contributed by atoms with Gasteiger partial charge in [0.1, 0.15) is 5.82 Å². The van der Waals surface area contributed by atoms with Gasteiger partial charge in [-0.15, -0.1) is 0 Å². The first-order valence-corrected chi connectivity index (χ1v) is 6.17. The van der Waals surface area contributed by atoms with Crippen LogP contribution in [0.5, 0.6) is 0 Å². The molecule has 0 aromatic heterocycles. The molecular formula is C14H18FNO. The van der Waals surface area contributed by atoms with Crippen LogP contribution in [0.15, 0.2) is 18.2 Å². The van der Waals surface area contributed by atoms with Crippen LogP contribution in [0.4, 0.5) is 10.1 Å².